The molecule has 0 unspecified atom stereocenters. The van der Waals surface area contributed by atoms with Crippen molar-refractivity contribution >= 4 is 28.1 Å². The monoisotopic (exact) mass is 318 g/mol. The van der Waals surface area contributed by atoms with E-state index in [1.807, 2.05) is 30.3 Å². The molecule has 2 aromatic rings. The Bertz CT molecular complexity index is 612. The Kier molecular flexibility index (Phi) is 4.30. The van der Waals surface area contributed by atoms with Crippen LogP contribution in [0, 0.1) is 0 Å². The Morgan fingerprint density at radius 2 is 1.95 bits per heavy atom. The van der Waals surface area contributed by atoms with E-state index in [1.165, 1.54) is 18.3 Å². The normalized spacial score (nSPS) is 10.6. The van der Waals surface area contributed by atoms with Crippen molar-refractivity contribution in [2.45, 2.75) is 0 Å². The summed E-state index contributed by atoms with van der Waals surface area (Å²) < 4.78 is 0.711. The number of nitrogens with one attached hydrogen (secondary N) is 1. The third kappa shape index (κ3) is 3.66. The van der Waals surface area contributed by atoms with Crippen LogP contribution in [0.4, 0.5) is 0 Å². The number of phenols is 1. The van der Waals surface area contributed by atoms with Crippen molar-refractivity contribution in [1.29, 1.82) is 0 Å². The van der Waals surface area contributed by atoms with Gasteiger partial charge in [-0.2, -0.15) is 5.10 Å². The third-order valence-corrected chi connectivity index (χ3v) is 2.88. The summed E-state index contributed by atoms with van der Waals surface area (Å²) in [5, 5.41) is 13.4. The molecule has 1 amide bonds. The lowest BCUT2D eigenvalue weighted by Crippen LogP contribution is -2.17. The molecule has 2 aromatic carbocycles. The van der Waals surface area contributed by atoms with E-state index in [2.05, 4.69) is 26.5 Å². The van der Waals surface area contributed by atoms with Crippen LogP contribution in [0.1, 0.15) is 15.9 Å². The smallest absolute Gasteiger partial charge is 0.275 e. The van der Waals surface area contributed by atoms with E-state index in [0.29, 0.717) is 4.47 Å². The molecule has 0 radical (unpaired) electrons. The zero-order valence-electron chi connectivity index (χ0n) is 9.88. The van der Waals surface area contributed by atoms with Crippen LogP contribution >= 0.6 is 15.9 Å². The lowest BCUT2D eigenvalue weighted by atomic mass is 10.2. The van der Waals surface area contributed by atoms with Crippen molar-refractivity contribution in [3.63, 3.8) is 0 Å². The molecule has 0 aliphatic heterocycles. The standard InChI is InChI=1S/C14H11BrN2O2/c15-11-6-7-13(18)12(8-11)14(19)17-16-9-10-4-2-1-3-5-10/h1-9,18H,(H,17,19)/b16-9-. The zero-order chi connectivity index (χ0) is 13.7. The zero-order valence-corrected chi connectivity index (χ0v) is 11.5. The summed E-state index contributed by atoms with van der Waals surface area (Å²) in [5.41, 5.74) is 3.41. The highest BCUT2D eigenvalue weighted by Crippen LogP contribution is 2.21. The minimum absolute atomic E-state index is 0.0874. The Morgan fingerprint density at radius 3 is 2.68 bits per heavy atom. The molecule has 0 fully saturated rings. The van der Waals surface area contributed by atoms with E-state index >= 15 is 0 Å². The number of nitrogens with zero attached hydrogens (tertiary/aromatic N) is 1. The van der Waals surface area contributed by atoms with E-state index in [1.54, 1.807) is 6.07 Å². The summed E-state index contributed by atoms with van der Waals surface area (Å²) in [5.74, 6) is -0.554. The number of carbonyl (C=O) groups excluding carboxylic acids is 1. The van der Waals surface area contributed by atoms with Gasteiger partial charge >= 0.3 is 0 Å². The molecule has 2 rings (SSSR count). The predicted octanol–water partition coefficient (Wildman–Crippen LogP) is 2.92. The van der Waals surface area contributed by atoms with Gasteiger partial charge in [0.05, 0.1) is 11.8 Å². The second-order valence-corrected chi connectivity index (χ2v) is 4.69. The summed E-state index contributed by atoms with van der Waals surface area (Å²) in [4.78, 5) is 11.8. The number of carbonyl (C=O) groups is 1. The number of hydrogen-bond donors (Lipinski definition) is 2. The maximum atomic E-state index is 11.8. The Hall–Kier alpha value is -2.14. The van der Waals surface area contributed by atoms with Gasteiger partial charge in [0.25, 0.3) is 5.91 Å². The van der Waals surface area contributed by atoms with Crippen molar-refractivity contribution in [2.24, 2.45) is 5.10 Å². The van der Waals surface area contributed by atoms with Gasteiger partial charge in [-0.05, 0) is 23.8 Å². The molecule has 0 bridgehead atoms. The van der Waals surface area contributed by atoms with Crippen LogP contribution in [0.25, 0.3) is 0 Å². The fourth-order valence-electron chi connectivity index (χ4n) is 1.45. The summed E-state index contributed by atoms with van der Waals surface area (Å²) in [6.45, 7) is 0. The van der Waals surface area contributed by atoms with Crippen LogP contribution in [0.2, 0.25) is 0 Å². The molecular weight excluding hydrogens is 308 g/mol. The van der Waals surface area contributed by atoms with Crippen molar-refractivity contribution in [3.05, 3.63) is 64.1 Å². The summed E-state index contributed by atoms with van der Waals surface area (Å²) in [6.07, 6.45) is 1.53. The van der Waals surface area contributed by atoms with E-state index in [4.69, 9.17) is 0 Å². The number of benzene rings is 2. The number of amides is 1. The second-order valence-electron chi connectivity index (χ2n) is 3.77. The van der Waals surface area contributed by atoms with Gasteiger partial charge in [-0.3, -0.25) is 4.79 Å². The van der Waals surface area contributed by atoms with Gasteiger partial charge in [0, 0.05) is 4.47 Å². The molecule has 19 heavy (non-hydrogen) atoms. The molecule has 0 heterocycles. The number of hydrogen-bond acceptors (Lipinski definition) is 3. The second kappa shape index (κ2) is 6.15. The number of hydrazone groups is 1. The fraction of sp³-hybridized carbons (Fsp3) is 0. The minimum atomic E-state index is -0.467. The van der Waals surface area contributed by atoms with E-state index in [9.17, 15) is 9.90 Å². The van der Waals surface area contributed by atoms with Crippen molar-refractivity contribution in [2.75, 3.05) is 0 Å². The van der Waals surface area contributed by atoms with Gasteiger partial charge in [-0.1, -0.05) is 46.3 Å². The molecule has 4 nitrogen and oxygen atoms in total. The van der Waals surface area contributed by atoms with E-state index in [0.717, 1.165) is 5.56 Å². The lowest BCUT2D eigenvalue weighted by Gasteiger charge is -2.03. The molecule has 5 heteroatoms. The SMILES string of the molecule is O=C(N/N=C\c1ccccc1)c1cc(Br)ccc1O. The minimum Gasteiger partial charge on any atom is -0.507 e. The number of rotatable bonds is 3. The summed E-state index contributed by atoms with van der Waals surface area (Å²) in [7, 11) is 0. The molecular formula is C14H11BrN2O2. The molecule has 0 aliphatic rings. The first kappa shape index (κ1) is 13.3. The molecule has 0 aliphatic carbocycles. The van der Waals surface area contributed by atoms with E-state index < -0.39 is 5.91 Å². The van der Waals surface area contributed by atoms with Crippen LogP contribution in [-0.4, -0.2) is 17.2 Å². The molecule has 0 saturated carbocycles. The number of halogens is 1. The summed E-state index contributed by atoms with van der Waals surface area (Å²) in [6, 6.07) is 14.0. The number of phenolic OH excluding ortho intramolecular Hbond substituents is 1. The first-order valence-corrected chi connectivity index (χ1v) is 6.33. The number of aromatic hydroxyl groups is 1. The molecule has 2 N–H and O–H groups in total. The van der Waals surface area contributed by atoms with Crippen LogP contribution in [0.5, 0.6) is 5.75 Å². The van der Waals surface area contributed by atoms with Crippen molar-refractivity contribution in [1.82, 2.24) is 5.43 Å². The van der Waals surface area contributed by atoms with Gasteiger partial charge in [0.2, 0.25) is 0 Å². The predicted molar refractivity (Wildman–Crippen MR) is 77.3 cm³/mol. The first-order chi connectivity index (χ1) is 9.16. The average molecular weight is 319 g/mol. The third-order valence-electron chi connectivity index (χ3n) is 2.38. The van der Waals surface area contributed by atoms with Gasteiger partial charge in [0.1, 0.15) is 5.75 Å². The highest BCUT2D eigenvalue weighted by Gasteiger charge is 2.10. The van der Waals surface area contributed by atoms with Gasteiger partial charge < -0.3 is 5.11 Å². The topological polar surface area (TPSA) is 61.7 Å². The Morgan fingerprint density at radius 1 is 1.21 bits per heavy atom. The average Bonchev–Trinajstić information content (AvgIpc) is 2.42. The molecule has 0 saturated heterocycles. The molecule has 0 spiro atoms. The molecule has 96 valence electrons. The maximum absolute atomic E-state index is 11.8. The fourth-order valence-corrected chi connectivity index (χ4v) is 1.82. The molecule has 0 aromatic heterocycles. The molecule has 0 atom stereocenters. The Labute approximate surface area is 118 Å². The van der Waals surface area contributed by atoms with Crippen molar-refractivity contribution in [3.8, 4) is 5.75 Å². The van der Waals surface area contributed by atoms with Crippen molar-refractivity contribution < 1.29 is 9.90 Å². The highest BCUT2D eigenvalue weighted by molar-refractivity contribution is 9.10. The maximum Gasteiger partial charge on any atom is 0.275 e. The van der Waals surface area contributed by atoms with Gasteiger partial charge in [-0.15, -0.1) is 0 Å². The van der Waals surface area contributed by atoms with E-state index in [-0.39, 0.29) is 11.3 Å². The quantitative estimate of drug-likeness (QED) is 0.675. The van der Waals surface area contributed by atoms with Crippen LogP contribution in [-0.2, 0) is 0 Å². The summed E-state index contributed by atoms with van der Waals surface area (Å²) >= 11 is 3.24. The van der Waals surface area contributed by atoms with Gasteiger partial charge in [-0.25, -0.2) is 5.43 Å². The van der Waals surface area contributed by atoms with Crippen LogP contribution in [0.15, 0.2) is 58.1 Å². The largest absolute Gasteiger partial charge is 0.507 e. The highest BCUT2D eigenvalue weighted by atomic mass is 79.9. The van der Waals surface area contributed by atoms with Crippen LogP contribution in [0.3, 0.4) is 0 Å². The van der Waals surface area contributed by atoms with Gasteiger partial charge in [0.15, 0.2) is 0 Å². The lowest BCUT2D eigenvalue weighted by molar-refractivity contribution is 0.0952. The first-order valence-electron chi connectivity index (χ1n) is 5.54. The van der Waals surface area contributed by atoms with Crippen LogP contribution < -0.4 is 5.43 Å². The Balaban J connectivity index is 2.06.